The van der Waals surface area contributed by atoms with Crippen LogP contribution in [-0.2, 0) is 0 Å². The standard InChI is InChI=1S/C13H22N4O2/c1-10(2)16(11(3)4)8-7-14-12-5-6-13(15-9-12)17(18)19/h5-6,9-11,14H,7-8H2,1-4H3. The summed E-state index contributed by atoms with van der Waals surface area (Å²) in [5.74, 6) is -0.128. The summed E-state index contributed by atoms with van der Waals surface area (Å²) in [5, 5.41) is 13.7. The highest BCUT2D eigenvalue weighted by Gasteiger charge is 2.12. The molecule has 0 aliphatic rings. The molecule has 0 aliphatic heterocycles. The maximum absolute atomic E-state index is 10.5. The molecule has 0 saturated heterocycles. The van der Waals surface area contributed by atoms with Crippen molar-refractivity contribution in [2.45, 2.75) is 39.8 Å². The molecule has 0 bridgehead atoms. The number of anilines is 1. The molecule has 19 heavy (non-hydrogen) atoms. The first-order valence-corrected chi connectivity index (χ1v) is 6.52. The van der Waals surface area contributed by atoms with Gasteiger partial charge in [0.1, 0.15) is 0 Å². The van der Waals surface area contributed by atoms with Crippen LogP contribution in [0.25, 0.3) is 0 Å². The molecule has 0 saturated carbocycles. The van der Waals surface area contributed by atoms with E-state index in [1.165, 1.54) is 12.3 Å². The minimum absolute atomic E-state index is 0.128. The van der Waals surface area contributed by atoms with Crippen molar-refractivity contribution in [3.05, 3.63) is 28.4 Å². The number of hydrogen-bond donors (Lipinski definition) is 1. The van der Waals surface area contributed by atoms with E-state index in [0.717, 1.165) is 18.8 Å². The van der Waals surface area contributed by atoms with Crippen molar-refractivity contribution in [2.24, 2.45) is 0 Å². The van der Waals surface area contributed by atoms with Crippen LogP contribution in [0.1, 0.15) is 27.7 Å². The van der Waals surface area contributed by atoms with Crippen molar-refractivity contribution in [3.63, 3.8) is 0 Å². The molecule has 1 N–H and O–H groups in total. The highest BCUT2D eigenvalue weighted by molar-refractivity contribution is 5.43. The van der Waals surface area contributed by atoms with Crippen molar-refractivity contribution < 1.29 is 4.92 Å². The van der Waals surface area contributed by atoms with Gasteiger partial charge in [-0.15, -0.1) is 0 Å². The molecule has 1 aromatic rings. The zero-order valence-corrected chi connectivity index (χ0v) is 12.0. The van der Waals surface area contributed by atoms with Crippen LogP contribution < -0.4 is 5.32 Å². The van der Waals surface area contributed by atoms with Gasteiger partial charge in [-0.1, -0.05) is 0 Å². The monoisotopic (exact) mass is 266 g/mol. The number of hydrogen-bond acceptors (Lipinski definition) is 5. The van der Waals surface area contributed by atoms with E-state index in [1.807, 2.05) is 0 Å². The summed E-state index contributed by atoms with van der Waals surface area (Å²) in [7, 11) is 0. The highest BCUT2D eigenvalue weighted by Crippen LogP contribution is 2.11. The van der Waals surface area contributed by atoms with E-state index in [0.29, 0.717) is 12.1 Å². The number of pyridine rings is 1. The zero-order valence-electron chi connectivity index (χ0n) is 12.0. The Hall–Kier alpha value is -1.69. The smallest absolute Gasteiger partial charge is 0.363 e. The van der Waals surface area contributed by atoms with Gasteiger partial charge in [-0.2, -0.15) is 0 Å². The van der Waals surface area contributed by atoms with Gasteiger partial charge < -0.3 is 15.4 Å². The predicted octanol–water partition coefficient (Wildman–Crippen LogP) is 2.52. The van der Waals surface area contributed by atoms with Gasteiger partial charge in [0.25, 0.3) is 0 Å². The molecule has 0 unspecified atom stereocenters. The second-order valence-electron chi connectivity index (χ2n) is 5.01. The molecule has 6 nitrogen and oxygen atoms in total. The summed E-state index contributed by atoms with van der Waals surface area (Å²) in [6, 6.07) is 4.08. The van der Waals surface area contributed by atoms with Crippen LogP contribution in [0.15, 0.2) is 18.3 Å². The Labute approximate surface area is 114 Å². The van der Waals surface area contributed by atoms with Crippen molar-refractivity contribution in [1.82, 2.24) is 9.88 Å². The molecule has 6 heteroatoms. The van der Waals surface area contributed by atoms with Crippen LogP contribution in [0, 0.1) is 10.1 Å². The summed E-state index contributed by atoms with van der Waals surface area (Å²) in [6.07, 6.45) is 1.49. The Kier molecular flexibility index (Phi) is 5.69. The van der Waals surface area contributed by atoms with Crippen LogP contribution >= 0.6 is 0 Å². The SMILES string of the molecule is CC(C)N(CCNc1ccc([N+](=O)[O-])nc1)C(C)C. The van der Waals surface area contributed by atoms with Crippen LogP contribution in [0.4, 0.5) is 11.5 Å². The van der Waals surface area contributed by atoms with Crippen molar-refractivity contribution in [1.29, 1.82) is 0 Å². The van der Waals surface area contributed by atoms with Crippen LogP contribution in [0.5, 0.6) is 0 Å². The minimum atomic E-state index is -0.497. The van der Waals surface area contributed by atoms with Gasteiger partial charge >= 0.3 is 5.82 Å². The van der Waals surface area contributed by atoms with Gasteiger partial charge in [0.2, 0.25) is 0 Å². The maximum atomic E-state index is 10.5. The molecule has 0 spiro atoms. The second kappa shape index (κ2) is 7.04. The first-order valence-electron chi connectivity index (χ1n) is 6.52. The highest BCUT2D eigenvalue weighted by atomic mass is 16.6. The Morgan fingerprint density at radius 3 is 2.37 bits per heavy atom. The normalized spacial score (nSPS) is 11.3. The Morgan fingerprint density at radius 2 is 1.95 bits per heavy atom. The number of nitrogens with zero attached hydrogens (tertiary/aromatic N) is 3. The van der Waals surface area contributed by atoms with Crippen molar-refractivity contribution in [2.75, 3.05) is 18.4 Å². The average Bonchev–Trinajstić information content (AvgIpc) is 2.34. The van der Waals surface area contributed by atoms with Crippen molar-refractivity contribution >= 4 is 11.5 Å². The van der Waals surface area contributed by atoms with E-state index < -0.39 is 4.92 Å². The molecular weight excluding hydrogens is 244 g/mol. The largest absolute Gasteiger partial charge is 0.381 e. The Bertz CT molecular complexity index is 396. The molecule has 0 aliphatic carbocycles. The lowest BCUT2D eigenvalue weighted by atomic mass is 10.2. The first-order chi connectivity index (χ1) is 8.91. The molecule has 0 radical (unpaired) electrons. The number of nitro groups is 1. The van der Waals surface area contributed by atoms with E-state index in [4.69, 9.17) is 0 Å². The molecule has 0 aromatic carbocycles. The number of nitrogens with one attached hydrogen (secondary N) is 1. The summed E-state index contributed by atoms with van der Waals surface area (Å²) >= 11 is 0. The summed E-state index contributed by atoms with van der Waals surface area (Å²) in [6.45, 7) is 10.4. The van der Waals surface area contributed by atoms with Gasteiger partial charge in [0.05, 0.1) is 5.69 Å². The van der Waals surface area contributed by atoms with Gasteiger partial charge in [0, 0.05) is 31.2 Å². The zero-order chi connectivity index (χ0) is 14.4. The van der Waals surface area contributed by atoms with Crippen LogP contribution in [-0.4, -0.2) is 40.0 Å². The lowest BCUT2D eigenvalue weighted by molar-refractivity contribution is -0.389. The fraction of sp³-hybridized carbons (Fsp3) is 0.615. The fourth-order valence-electron chi connectivity index (χ4n) is 2.04. The van der Waals surface area contributed by atoms with E-state index >= 15 is 0 Å². The lowest BCUT2D eigenvalue weighted by Crippen LogP contribution is -2.40. The molecule has 0 fully saturated rings. The molecule has 0 atom stereocenters. The second-order valence-corrected chi connectivity index (χ2v) is 5.01. The van der Waals surface area contributed by atoms with Gasteiger partial charge in [-0.25, -0.2) is 0 Å². The summed E-state index contributed by atoms with van der Waals surface area (Å²) in [5.41, 5.74) is 0.804. The molecule has 1 rings (SSSR count). The van der Waals surface area contributed by atoms with E-state index in [2.05, 4.69) is 42.9 Å². The molecule has 1 heterocycles. The quantitative estimate of drug-likeness (QED) is 0.606. The molecule has 106 valence electrons. The summed E-state index contributed by atoms with van der Waals surface area (Å²) < 4.78 is 0. The third-order valence-corrected chi connectivity index (χ3v) is 2.96. The third-order valence-electron chi connectivity index (χ3n) is 2.96. The number of rotatable bonds is 7. The minimum Gasteiger partial charge on any atom is -0.381 e. The molecule has 1 aromatic heterocycles. The van der Waals surface area contributed by atoms with Crippen LogP contribution in [0.3, 0.4) is 0 Å². The van der Waals surface area contributed by atoms with Crippen molar-refractivity contribution in [3.8, 4) is 0 Å². The van der Waals surface area contributed by atoms with E-state index in [1.54, 1.807) is 6.07 Å². The van der Waals surface area contributed by atoms with Crippen LogP contribution in [0.2, 0.25) is 0 Å². The molecule has 0 amide bonds. The first kappa shape index (κ1) is 15.4. The fourth-order valence-corrected chi connectivity index (χ4v) is 2.04. The van der Waals surface area contributed by atoms with E-state index in [9.17, 15) is 10.1 Å². The van der Waals surface area contributed by atoms with E-state index in [-0.39, 0.29) is 5.82 Å². The van der Waals surface area contributed by atoms with Gasteiger partial charge in [0.15, 0.2) is 6.20 Å². The van der Waals surface area contributed by atoms with Gasteiger partial charge in [-0.3, -0.25) is 4.90 Å². The topological polar surface area (TPSA) is 71.3 Å². The number of aromatic nitrogens is 1. The third kappa shape index (κ3) is 4.82. The molecular formula is C13H22N4O2. The predicted molar refractivity (Wildman–Crippen MR) is 76.4 cm³/mol. The Balaban J connectivity index is 2.46. The Morgan fingerprint density at radius 1 is 1.32 bits per heavy atom. The lowest BCUT2D eigenvalue weighted by Gasteiger charge is -2.30. The average molecular weight is 266 g/mol. The summed E-state index contributed by atoms with van der Waals surface area (Å²) in [4.78, 5) is 16.1. The maximum Gasteiger partial charge on any atom is 0.363 e. The van der Waals surface area contributed by atoms with Gasteiger partial charge in [-0.05, 0) is 43.7 Å².